The number of carbonyl (C=O) groups is 1. The molecule has 0 aromatic carbocycles. The van der Waals surface area contributed by atoms with Gasteiger partial charge < -0.3 is 14.6 Å². The van der Waals surface area contributed by atoms with Crippen molar-refractivity contribution in [3.63, 3.8) is 0 Å². The van der Waals surface area contributed by atoms with E-state index in [1.54, 1.807) is 0 Å². The monoisotopic (exact) mass is 188 g/mol. The number of hydrogen-bond donors (Lipinski definition) is 1. The average Bonchev–Trinajstić information content (AvgIpc) is 2.69. The second kappa shape index (κ2) is 4.07. The lowest BCUT2D eigenvalue weighted by atomic mass is 10.1. The number of rotatable bonds is 5. The molecule has 1 saturated heterocycles. The number of aliphatic hydroxyl groups excluding tert-OH is 1. The van der Waals surface area contributed by atoms with Crippen LogP contribution in [0.25, 0.3) is 0 Å². The number of epoxide rings is 1. The maximum atomic E-state index is 11.2. The van der Waals surface area contributed by atoms with Gasteiger partial charge >= 0.3 is 5.97 Å². The molecule has 0 spiro atoms. The first-order valence-corrected chi connectivity index (χ1v) is 4.53. The van der Waals surface area contributed by atoms with Crippen molar-refractivity contribution in [2.45, 2.75) is 38.4 Å². The summed E-state index contributed by atoms with van der Waals surface area (Å²) in [4.78, 5) is 11.2. The summed E-state index contributed by atoms with van der Waals surface area (Å²) >= 11 is 0. The third-order valence-electron chi connectivity index (χ3n) is 2.01. The van der Waals surface area contributed by atoms with Crippen molar-refractivity contribution in [3.8, 4) is 0 Å². The zero-order chi connectivity index (χ0) is 9.90. The predicted molar refractivity (Wildman–Crippen MR) is 46.2 cm³/mol. The van der Waals surface area contributed by atoms with Crippen molar-refractivity contribution in [2.75, 3.05) is 13.2 Å². The Morgan fingerprint density at radius 2 is 2.15 bits per heavy atom. The topological polar surface area (TPSA) is 59.1 Å². The Labute approximate surface area is 77.8 Å². The van der Waals surface area contributed by atoms with E-state index in [0.717, 1.165) is 0 Å². The van der Waals surface area contributed by atoms with Gasteiger partial charge in [0.2, 0.25) is 0 Å². The third-order valence-corrected chi connectivity index (χ3v) is 2.01. The van der Waals surface area contributed by atoms with E-state index in [1.807, 2.05) is 13.8 Å². The van der Waals surface area contributed by atoms with Gasteiger partial charge in [-0.1, -0.05) is 0 Å². The molecule has 4 heteroatoms. The molecule has 1 rings (SSSR count). The molecular weight excluding hydrogens is 172 g/mol. The molecule has 1 unspecified atom stereocenters. The van der Waals surface area contributed by atoms with Gasteiger partial charge in [0.05, 0.1) is 6.61 Å². The molecule has 4 nitrogen and oxygen atoms in total. The Bertz CT molecular complexity index is 188. The fourth-order valence-corrected chi connectivity index (χ4v) is 1.06. The minimum absolute atomic E-state index is 0.142. The van der Waals surface area contributed by atoms with Crippen LogP contribution in [0.1, 0.15) is 26.7 Å². The van der Waals surface area contributed by atoms with Crippen molar-refractivity contribution in [1.82, 2.24) is 0 Å². The molecule has 1 fully saturated rings. The summed E-state index contributed by atoms with van der Waals surface area (Å²) < 4.78 is 10.0. The van der Waals surface area contributed by atoms with Gasteiger partial charge in [-0.3, -0.25) is 0 Å². The zero-order valence-electron chi connectivity index (χ0n) is 8.08. The summed E-state index contributed by atoms with van der Waals surface area (Å²) in [6.45, 7) is 4.22. The smallest absolute Gasteiger partial charge is 0.338 e. The summed E-state index contributed by atoms with van der Waals surface area (Å²) in [6, 6.07) is 0. The molecule has 0 aromatic heterocycles. The number of carbonyl (C=O) groups excluding carboxylic acids is 1. The molecular formula is C9H16O4. The quantitative estimate of drug-likeness (QED) is 0.387. The fraction of sp³-hybridized carbons (Fsp3) is 0.889. The molecule has 0 aromatic rings. The van der Waals surface area contributed by atoms with Crippen LogP contribution in [0, 0.1) is 0 Å². The SMILES string of the molecule is CC1(C)OC1C(=O)OCCCCO. The first kappa shape index (κ1) is 10.5. The molecule has 0 amide bonds. The highest BCUT2D eigenvalue weighted by Gasteiger charge is 2.54. The van der Waals surface area contributed by atoms with E-state index in [4.69, 9.17) is 14.6 Å². The zero-order valence-corrected chi connectivity index (χ0v) is 8.08. The summed E-state index contributed by atoms with van der Waals surface area (Å²) in [5, 5.41) is 8.47. The van der Waals surface area contributed by atoms with Gasteiger partial charge in [0.25, 0.3) is 0 Å². The Hall–Kier alpha value is -0.610. The van der Waals surface area contributed by atoms with Gasteiger partial charge in [-0.25, -0.2) is 4.79 Å². The van der Waals surface area contributed by atoms with Crippen LogP contribution in [-0.4, -0.2) is 36.0 Å². The Morgan fingerprint density at radius 1 is 1.54 bits per heavy atom. The van der Waals surface area contributed by atoms with Gasteiger partial charge in [0, 0.05) is 6.61 Å². The van der Waals surface area contributed by atoms with Crippen molar-refractivity contribution in [2.24, 2.45) is 0 Å². The molecule has 0 aliphatic carbocycles. The standard InChI is InChI=1S/C9H16O4/c1-9(2)7(13-9)8(11)12-6-4-3-5-10/h7,10H,3-6H2,1-2H3. The number of aliphatic hydroxyl groups is 1. The molecule has 1 aliphatic rings. The third kappa shape index (κ3) is 2.97. The maximum Gasteiger partial charge on any atom is 0.338 e. The number of hydrogen-bond acceptors (Lipinski definition) is 4. The molecule has 0 radical (unpaired) electrons. The lowest BCUT2D eigenvalue weighted by Gasteiger charge is -2.01. The molecule has 76 valence electrons. The van der Waals surface area contributed by atoms with Crippen LogP contribution in [0.15, 0.2) is 0 Å². The van der Waals surface area contributed by atoms with E-state index in [0.29, 0.717) is 19.4 Å². The molecule has 13 heavy (non-hydrogen) atoms. The Balaban J connectivity index is 2.06. The van der Waals surface area contributed by atoms with E-state index in [9.17, 15) is 4.79 Å². The van der Waals surface area contributed by atoms with E-state index in [-0.39, 0.29) is 24.3 Å². The lowest BCUT2D eigenvalue weighted by molar-refractivity contribution is -0.145. The minimum Gasteiger partial charge on any atom is -0.464 e. The Kier molecular flexibility index (Phi) is 3.27. The molecule has 1 heterocycles. The van der Waals surface area contributed by atoms with E-state index >= 15 is 0 Å². The fourth-order valence-electron chi connectivity index (χ4n) is 1.06. The van der Waals surface area contributed by atoms with Crippen molar-refractivity contribution < 1.29 is 19.4 Å². The Morgan fingerprint density at radius 3 is 2.62 bits per heavy atom. The summed E-state index contributed by atoms with van der Waals surface area (Å²) in [6.07, 6.45) is 0.985. The van der Waals surface area contributed by atoms with Gasteiger partial charge in [-0.2, -0.15) is 0 Å². The first-order valence-electron chi connectivity index (χ1n) is 4.53. The molecule has 1 aliphatic heterocycles. The normalized spacial score (nSPS) is 24.1. The van der Waals surface area contributed by atoms with Gasteiger partial charge in [0.1, 0.15) is 5.60 Å². The van der Waals surface area contributed by atoms with Crippen LogP contribution in [0.3, 0.4) is 0 Å². The van der Waals surface area contributed by atoms with Gasteiger partial charge in [0.15, 0.2) is 6.10 Å². The predicted octanol–water partition coefficient (Wildman–Crippen LogP) is 0.480. The molecule has 0 bridgehead atoms. The van der Waals surface area contributed by atoms with Crippen LogP contribution < -0.4 is 0 Å². The first-order chi connectivity index (χ1) is 6.08. The second-order valence-corrected chi connectivity index (χ2v) is 3.70. The summed E-state index contributed by atoms with van der Waals surface area (Å²) in [5.74, 6) is -0.289. The number of ether oxygens (including phenoxy) is 2. The second-order valence-electron chi connectivity index (χ2n) is 3.70. The highest BCUT2D eigenvalue weighted by molar-refractivity contribution is 5.79. The molecule has 0 saturated carbocycles. The summed E-state index contributed by atoms with van der Waals surface area (Å²) in [7, 11) is 0. The van der Waals surface area contributed by atoms with Crippen LogP contribution >= 0.6 is 0 Å². The van der Waals surface area contributed by atoms with Crippen LogP contribution in [-0.2, 0) is 14.3 Å². The highest BCUT2D eigenvalue weighted by Crippen LogP contribution is 2.35. The van der Waals surface area contributed by atoms with Crippen molar-refractivity contribution in [3.05, 3.63) is 0 Å². The van der Waals surface area contributed by atoms with Gasteiger partial charge in [-0.05, 0) is 26.7 Å². The van der Waals surface area contributed by atoms with Crippen molar-refractivity contribution in [1.29, 1.82) is 0 Å². The molecule has 1 atom stereocenters. The van der Waals surface area contributed by atoms with Crippen LogP contribution in [0.5, 0.6) is 0 Å². The van der Waals surface area contributed by atoms with E-state index in [2.05, 4.69) is 0 Å². The minimum atomic E-state index is -0.387. The van der Waals surface area contributed by atoms with Gasteiger partial charge in [-0.15, -0.1) is 0 Å². The average molecular weight is 188 g/mol. The highest BCUT2D eigenvalue weighted by atomic mass is 16.7. The molecule has 1 N–H and O–H groups in total. The van der Waals surface area contributed by atoms with E-state index < -0.39 is 0 Å². The van der Waals surface area contributed by atoms with Crippen molar-refractivity contribution >= 4 is 5.97 Å². The number of unbranched alkanes of at least 4 members (excludes halogenated alkanes) is 1. The number of esters is 1. The van der Waals surface area contributed by atoms with Crippen LogP contribution in [0.2, 0.25) is 0 Å². The lowest BCUT2D eigenvalue weighted by Crippen LogP contribution is -2.18. The van der Waals surface area contributed by atoms with Crippen LogP contribution in [0.4, 0.5) is 0 Å². The van der Waals surface area contributed by atoms with E-state index in [1.165, 1.54) is 0 Å². The summed E-state index contributed by atoms with van der Waals surface area (Å²) in [5.41, 5.74) is -0.339. The largest absolute Gasteiger partial charge is 0.464 e. The maximum absolute atomic E-state index is 11.2.